The van der Waals surface area contributed by atoms with E-state index in [1.54, 1.807) is 22.8 Å². The van der Waals surface area contributed by atoms with Crippen molar-refractivity contribution in [3.8, 4) is 0 Å². The number of esters is 1. The van der Waals surface area contributed by atoms with Crippen LogP contribution in [0, 0.1) is 17.8 Å². The molecule has 1 spiro atoms. The Kier molecular flexibility index (Phi) is 7.85. The molecule has 1 N–H and O–H groups in total. The van der Waals surface area contributed by atoms with Crippen LogP contribution in [0.3, 0.4) is 0 Å². The first-order valence-electron chi connectivity index (χ1n) is 13.0. The number of ether oxygens (including phenoxy) is 2. The Labute approximate surface area is 213 Å². The van der Waals surface area contributed by atoms with Crippen LogP contribution in [0.5, 0.6) is 0 Å². The lowest BCUT2D eigenvalue weighted by atomic mass is 9.70. The number of likely N-dealkylation sites (tertiary alicyclic amines) is 1. The number of carbonyl (C=O) groups is 3. The van der Waals surface area contributed by atoms with Gasteiger partial charge in [-0.25, -0.2) is 0 Å². The molecule has 3 fully saturated rings. The molecule has 0 saturated carbocycles. The Hall–Kier alpha value is -2.71. The first-order valence-corrected chi connectivity index (χ1v) is 13.0. The van der Waals surface area contributed by atoms with Gasteiger partial charge in [-0.3, -0.25) is 14.4 Å². The van der Waals surface area contributed by atoms with Crippen molar-refractivity contribution in [1.82, 2.24) is 9.80 Å². The van der Waals surface area contributed by atoms with Crippen molar-refractivity contribution in [2.75, 3.05) is 19.8 Å². The highest BCUT2D eigenvalue weighted by Gasteiger charge is 2.75. The van der Waals surface area contributed by atoms with Crippen molar-refractivity contribution in [1.29, 1.82) is 0 Å². The second kappa shape index (κ2) is 10.7. The van der Waals surface area contributed by atoms with E-state index in [0.717, 1.165) is 5.56 Å². The number of rotatable bonds is 11. The van der Waals surface area contributed by atoms with Gasteiger partial charge in [0.15, 0.2) is 0 Å². The molecule has 2 amide bonds. The molecule has 196 valence electrons. The molecule has 0 radical (unpaired) electrons. The first kappa shape index (κ1) is 26.4. The zero-order valence-electron chi connectivity index (χ0n) is 21.5. The summed E-state index contributed by atoms with van der Waals surface area (Å²) in [7, 11) is 0. The number of aliphatic hydroxyl groups excluding tert-OH is 1. The Morgan fingerprint density at radius 3 is 2.67 bits per heavy atom. The van der Waals surface area contributed by atoms with Crippen LogP contribution in [-0.2, 0) is 30.4 Å². The van der Waals surface area contributed by atoms with Crippen molar-refractivity contribution >= 4 is 17.8 Å². The van der Waals surface area contributed by atoms with Crippen LogP contribution in [0.2, 0.25) is 0 Å². The van der Waals surface area contributed by atoms with Crippen LogP contribution in [-0.4, -0.2) is 76.2 Å². The topological polar surface area (TPSA) is 96.4 Å². The normalized spacial score (nSPS) is 29.4. The summed E-state index contributed by atoms with van der Waals surface area (Å²) >= 11 is 0. The molecule has 3 heterocycles. The molecule has 2 bridgehead atoms. The molecule has 3 aliphatic heterocycles. The number of nitrogens with zero attached hydrogens (tertiary/aromatic N) is 2. The predicted octanol–water partition coefficient (Wildman–Crippen LogP) is 2.55. The molecule has 4 rings (SSSR count). The summed E-state index contributed by atoms with van der Waals surface area (Å²) in [5, 5.41) is 10.4. The van der Waals surface area contributed by atoms with Crippen molar-refractivity contribution in [3.63, 3.8) is 0 Å². The number of fused-ring (bicyclic) bond motifs is 1. The van der Waals surface area contributed by atoms with Gasteiger partial charge in [0.05, 0.1) is 37.2 Å². The largest absolute Gasteiger partial charge is 0.466 e. The maximum Gasteiger partial charge on any atom is 0.312 e. The third-order valence-corrected chi connectivity index (χ3v) is 7.76. The fourth-order valence-electron chi connectivity index (χ4n) is 6.46. The number of amides is 2. The van der Waals surface area contributed by atoms with Crippen LogP contribution in [0.25, 0.3) is 0 Å². The lowest BCUT2D eigenvalue weighted by Gasteiger charge is -2.39. The fraction of sp³-hybridized carbons (Fsp3) is 0.607. The highest BCUT2D eigenvalue weighted by atomic mass is 16.6. The van der Waals surface area contributed by atoms with E-state index < -0.39 is 41.6 Å². The zero-order valence-corrected chi connectivity index (χ0v) is 21.5. The summed E-state index contributed by atoms with van der Waals surface area (Å²) in [6.45, 7) is 10.2. The maximum absolute atomic E-state index is 14.3. The van der Waals surface area contributed by atoms with Crippen molar-refractivity contribution in [2.45, 2.75) is 70.4 Å². The third-order valence-electron chi connectivity index (χ3n) is 7.76. The van der Waals surface area contributed by atoms with Gasteiger partial charge in [-0.2, -0.15) is 0 Å². The molecule has 2 unspecified atom stereocenters. The van der Waals surface area contributed by atoms with E-state index in [1.807, 2.05) is 44.2 Å². The Morgan fingerprint density at radius 2 is 2.06 bits per heavy atom. The van der Waals surface area contributed by atoms with Crippen LogP contribution in [0.4, 0.5) is 0 Å². The number of aliphatic hydroxyl groups is 1. The summed E-state index contributed by atoms with van der Waals surface area (Å²) in [5.41, 5.74) is -0.156. The summed E-state index contributed by atoms with van der Waals surface area (Å²) in [6, 6.07) is 8.17. The van der Waals surface area contributed by atoms with Crippen LogP contribution < -0.4 is 0 Å². The molecule has 1 aromatic carbocycles. The van der Waals surface area contributed by atoms with E-state index >= 15 is 0 Å². The molecule has 1 aromatic rings. The highest BCUT2D eigenvalue weighted by molar-refractivity contribution is 5.98. The molecule has 0 aliphatic carbocycles. The smallest absolute Gasteiger partial charge is 0.312 e. The third kappa shape index (κ3) is 4.45. The van der Waals surface area contributed by atoms with Crippen molar-refractivity contribution in [3.05, 3.63) is 48.6 Å². The van der Waals surface area contributed by atoms with E-state index in [1.165, 1.54) is 0 Å². The molecule has 36 heavy (non-hydrogen) atoms. The minimum Gasteiger partial charge on any atom is -0.466 e. The zero-order chi connectivity index (χ0) is 26.0. The van der Waals surface area contributed by atoms with Crippen LogP contribution >= 0.6 is 0 Å². The minimum absolute atomic E-state index is 0.190. The van der Waals surface area contributed by atoms with Gasteiger partial charge in [0, 0.05) is 13.1 Å². The summed E-state index contributed by atoms with van der Waals surface area (Å²) in [4.78, 5) is 44.6. The SMILES string of the molecule is C=CCN(Cc1ccccc1)C(=O)C1N([C@@H](CO)CC(C)C)C(=O)[C@@H]2[C@H](C(=O)OCC)[C@@H]3CCC12O3. The van der Waals surface area contributed by atoms with Crippen molar-refractivity contribution in [2.24, 2.45) is 17.8 Å². The van der Waals surface area contributed by atoms with E-state index in [2.05, 4.69) is 6.58 Å². The summed E-state index contributed by atoms with van der Waals surface area (Å²) in [5.74, 6) is -2.35. The summed E-state index contributed by atoms with van der Waals surface area (Å²) in [6.07, 6.45) is 2.84. The monoisotopic (exact) mass is 498 g/mol. The van der Waals surface area contributed by atoms with Crippen LogP contribution in [0.15, 0.2) is 43.0 Å². The second-order valence-electron chi connectivity index (χ2n) is 10.5. The Balaban J connectivity index is 1.76. The van der Waals surface area contributed by atoms with E-state index in [-0.39, 0.29) is 30.9 Å². The van der Waals surface area contributed by atoms with E-state index in [9.17, 15) is 19.5 Å². The standard InChI is InChI=1S/C28H38N2O6/c1-5-14-29(16-19-10-8-7-9-11-19)26(33)24-28-13-12-21(36-28)22(27(34)35-6-2)23(28)25(32)30(24)20(17-31)15-18(3)4/h5,7-11,18,20-24,31H,1,6,12-17H2,2-4H3/t20-,21+,22-,23+,24?,28?/m1/s1. The number of benzene rings is 1. The summed E-state index contributed by atoms with van der Waals surface area (Å²) < 4.78 is 11.8. The molecule has 8 heteroatoms. The number of hydrogen-bond donors (Lipinski definition) is 1. The van der Waals surface area contributed by atoms with Gasteiger partial charge >= 0.3 is 5.97 Å². The minimum atomic E-state index is -1.11. The van der Waals surface area contributed by atoms with Gasteiger partial charge < -0.3 is 24.4 Å². The Morgan fingerprint density at radius 1 is 1.33 bits per heavy atom. The molecule has 3 saturated heterocycles. The van der Waals surface area contributed by atoms with E-state index in [0.29, 0.717) is 32.4 Å². The second-order valence-corrected chi connectivity index (χ2v) is 10.5. The molecule has 3 aliphatic rings. The van der Waals surface area contributed by atoms with Crippen molar-refractivity contribution < 1.29 is 29.0 Å². The number of carbonyl (C=O) groups excluding carboxylic acids is 3. The van der Waals surface area contributed by atoms with Gasteiger partial charge in [0.1, 0.15) is 11.6 Å². The molecular weight excluding hydrogens is 460 g/mol. The van der Waals surface area contributed by atoms with Gasteiger partial charge in [-0.15, -0.1) is 6.58 Å². The average molecular weight is 499 g/mol. The highest BCUT2D eigenvalue weighted by Crippen LogP contribution is 2.59. The van der Waals surface area contributed by atoms with Gasteiger partial charge in [-0.1, -0.05) is 50.3 Å². The van der Waals surface area contributed by atoms with Gasteiger partial charge in [0.25, 0.3) is 0 Å². The van der Waals surface area contributed by atoms with E-state index in [4.69, 9.17) is 9.47 Å². The average Bonchev–Trinajstić information content (AvgIpc) is 3.50. The molecule has 6 atom stereocenters. The molecule has 0 aromatic heterocycles. The van der Waals surface area contributed by atoms with Gasteiger partial charge in [0.2, 0.25) is 11.8 Å². The lowest BCUT2D eigenvalue weighted by molar-refractivity contribution is -0.156. The lowest BCUT2D eigenvalue weighted by Crippen LogP contribution is -2.58. The molecular formula is C28H38N2O6. The van der Waals surface area contributed by atoms with Gasteiger partial charge in [-0.05, 0) is 37.7 Å². The predicted molar refractivity (Wildman–Crippen MR) is 133 cm³/mol. The Bertz CT molecular complexity index is 982. The quantitative estimate of drug-likeness (QED) is 0.372. The maximum atomic E-state index is 14.3. The van der Waals surface area contributed by atoms with Crippen LogP contribution in [0.1, 0.15) is 45.6 Å². The first-order chi connectivity index (χ1) is 17.3. The fourth-order valence-corrected chi connectivity index (χ4v) is 6.46. The molecule has 8 nitrogen and oxygen atoms in total. The number of hydrogen-bond acceptors (Lipinski definition) is 6.